The molecule has 5 rings (SSSR count). The van der Waals surface area contributed by atoms with Gasteiger partial charge < -0.3 is 4.74 Å². The van der Waals surface area contributed by atoms with Crippen molar-refractivity contribution in [3.05, 3.63) is 89.8 Å². The van der Waals surface area contributed by atoms with E-state index in [0.29, 0.717) is 22.7 Å². The molecule has 0 bridgehead atoms. The van der Waals surface area contributed by atoms with Crippen LogP contribution in [0.15, 0.2) is 84.2 Å². The molecule has 0 fully saturated rings. The van der Waals surface area contributed by atoms with Gasteiger partial charge in [-0.15, -0.1) is 22.7 Å². The van der Waals surface area contributed by atoms with Crippen LogP contribution in [-0.4, -0.2) is 27.9 Å². The molecule has 6 nitrogen and oxygen atoms in total. The van der Waals surface area contributed by atoms with Gasteiger partial charge in [-0.1, -0.05) is 67.6 Å². The third kappa shape index (κ3) is 4.99. The van der Waals surface area contributed by atoms with Crippen LogP contribution >= 0.6 is 22.7 Å². The number of nitrogens with zero attached hydrogens (tertiary/aromatic N) is 2. The average molecular weight is 500 g/mol. The second-order valence-electron chi connectivity index (χ2n) is 7.73. The average Bonchev–Trinajstić information content (AvgIpc) is 3.55. The number of aromatic nitrogens is 2. The van der Waals surface area contributed by atoms with Crippen LogP contribution < -0.4 is 5.32 Å². The Balaban J connectivity index is 1.32. The first-order chi connectivity index (χ1) is 17.1. The van der Waals surface area contributed by atoms with E-state index in [1.165, 1.54) is 22.7 Å². The molecule has 2 heterocycles. The Morgan fingerprint density at radius 1 is 0.943 bits per heavy atom. The number of esters is 1. The number of ether oxygens (including phenoxy) is 1. The van der Waals surface area contributed by atoms with E-state index in [2.05, 4.69) is 15.3 Å². The van der Waals surface area contributed by atoms with Gasteiger partial charge in [-0.05, 0) is 24.6 Å². The van der Waals surface area contributed by atoms with Gasteiger partial charge in [-0.3, -0.25) is 10.1 Å². The van der Waals surface area contributed by atoms with Crippen molar-refractivity contribution >= 4 is 49.9 Å². The van der Waals surface area contributed by atoms with E-state index in [1.807, 2.05) is 72.1 Å². The molecule has 0 aliphatic rings. The number of thiazole rings is 2. The summed E-state index contributed by atoms with van der Waals surface area (Å²) in [6, 6.07) is 24.7. The molecule has 35 heavy (non-hydrogen) atoms. The van der Waals surface area contributed by atoms with Crippen molar-refractivity contribution in [2.24, 2.45) is 0 Å². The van der Waals surface area contributed by atoms with Crippen molar-refractivity contribution in [3.8, 4) is 21.8 Å². The molecule has 1 amide bonds. The Bertz CT molecular complexity index is 1460. The van der Waals surface area contributed by atoms with Crippen LogP contribution in [0.2, 0.25) is 0 Å². The van der Waals surface area contributed by atoms with Crippen molar-refractivity contribution in [1.82, 2.24) is 9.97 Å². The summed E-state index contributed by atoms with van der Waals surface area (Å²) in [5.74, 6) is -0.974. The second kappa shape index (κ2) is 10.2. The van der Waals surface area contributed by atoms with Crippen molar-refractivity contribution in [1.29, 1.82) is 0 Å². The Morgan fingerprint density at radius 3 is 2.49 bits per heavy atom. The van der Waals surface area contributed by atoms with E-state index in [9.17, 15) is 9.59 Å². The lowest BCUT2D eigenvalue weighted by Crippen LogP contribution is -2.32. The first-order valence-electron chi connectivity index (χ1n) is 11.1. The van der Waals surface area contributed by atoms with Crippen LogP contribution in [0, 0.1) is 0 Å². The van der Waals surface area contributed by atoms with Crippen LogP contribution in [-0.2, 0) is 9.53 Å². The van der Waals surface area contributed by atoms with Crippen molar-refractivity contribution in [2.45, 2.75) is 19.4 Å². The number of carbonyl (C=O) groups excluding carboxylic acids is 2. The van der Waals surface area contributed by atoms with Gasteiger partial charge in [0.2, 0.25) is 0 Å². The monoisotopic (exact) mass is 499 g/mol. The predicted octanol–water partition coefficient (Wildman–Crippen LogP) is 6.66. The Labute approximate surface area is 210 Å². The van der Waals surface area contributed by atoms with Crippen LogP contribution in [0.4, 0.5) is 5.13 Å². The molecule has 1 unspecified atom stereocenters. The number of amides is 1. The zero-order chi connectivity index (χ0) is 24.2. The number of nitrogens with one attached hydrogen (secondary N) is 1. The third-order valence-corrected chi connectivity index (χ3v) is 7.22. The summed E-state index contributed by atoms with van der Waals surface area (Å²) in [5, 5.41) is 5.85. The van der Waals surface area contributed by atoms with Crippen LogP contribution in [0.3, 0.4) is 0 Å². The number of fused-ring (bicyclic) bond motifs is 1. The molecule has 1 atom stereocenters. The summed E-state index contributed by atoms with van der Waals surface area (Å²) in [6.45, 7) is 1.80. The lowest BCUT2D eigenvalue weighted by atomic mass is 10.1. The Kier molecular flexibility index (Phi) is 6.65. The molecular weight excluding hydrogens is 478 g/mol. The SMILES string of the molecule is CCC(OC(=O)c1ccccc1-c1nc2ccccc2s1)C(=O)Nc1nc(-c2ccccc2)cs1. The zero-order valence-electron chi connectivity index (χ0n) is 18.8. The molecule has 0 saturated carbocycles. The summed E-state index contributed by atoms with van der Waals surface area (Å²) in [6.07, 6.45) is -0.618. The molecule has 0 aliphatic heterocycles. The number of anilines is 1. The topological polar surface area (TPSA) is 81.2 Å². The number of para-hydroxylation sites is 1. The zero-order valence-corrected chi connectivity index (χ0v) is 20.4. The highest BCUT2D eigenvalue weighted by atomic mass is 32.1. The molecule has 174 valence electrons. The van der Waals surface area contributed by atoms with E-state index in [-0.39, 0.29) is 0 Å². The highest BCUT2D eigenvalue weighted by molar-refractivity contribution is 7.21. The number of hydrogen-bond donors (Lipinski definition) is 1. The van der Waals surface area contributed by atoms with Gasteiger partial charge in [0, 0.05) is 16.5 Å². The molecule has 0 saturated heterocycles. The number of benzene rings is 3. The molecule has 3 aromatic carbocycles. The first kappa shape index (κ1) is 22.9. The van der Waals surface area contributed by atoms with Crippen molar-refractivity contribution in [2.75, 3.05) is 5.32 Å². The fraction of sp³-hybridized carbons (Fsp3) is 0.111. The number of carbonyl (C=O) groups is 2. The molecular formula is C27H21N3O3S2. The van der Waals surface area contributed by atoms with Gasteiger partial charge in [0.1, 0.15) is 5.01 Å². The van der Waals surface area contributed by atoms with E-state index >= 15 is 0 Å². The highest BCUT2D eigenvalue weighted by Gasteiger charge is 2.25. The molecule has 5 aromatic rings. The van der Waals surface area contributed by atoms with Gasteiger partial charge in [0.25, 0.3) is 5.91 Å². The maximum absolute atomic E-state index is 13.1. The maximum atomic E-state index is 13.1. The van der Waals surface area contributed by atoms with E-state index < -0.39 is 18.0 Å². The minimum Gasteiger partial charge on any atom is -0.449 e. The second-order valence-corrected chi connectivity index (χ2v) is 9.62. The van der Waals surface area contributed by atoms with Gasteiger partial charge in [0.05, 0.1) is 21.5 Å². The number of rotatable bonds is 7. The minimum absolute atomic E-state index is 0.331. The lowest BCUT2D eigenvalue weighted by Gasteiger charge is -2.16. The van der Waals surface area contributed by atoms with Gasteiger partial charge in [-0.2, -0.15) is 0 Å². The van der Waals surface area contributed by atoms with Crippen molar-refractivity contribution < 1.29 is 14.3 Å². The summed E-state index contributed by atoms with van der Waals surface area (Å²) in [5.41, 5.74) is 3.68. The van der Waals surface area contributed by atoms with E-state index in [4.69, 9.17) is 4.74 Å². The van der Waals surface area contributed by atoms with Crippen LogP contribution in [0.5, 0.6) is 0 Å². The standard InChI is InChI=1S/C27H21N3O3S2/c1-2-22(24(31)30-27-29-21(16-34-27)17-10-4-3-5-11-17)33-26(32)19-13-7-6-12-18(19)25-28-20-14-8-9-15-23(20)35-25/h3-16,22H,2H2,1H3,(H,29,30,31). The quantitative estimate of drug-likeness (QED) is 0.253. The summed E-state index contributed by atoms with van der Waals surface area (Å²) in [4.78, 5) is 35.2. The van der Waals surface area contributed by atoms with Gasteiger partial charge in [-0.25, -0.2) is 14.8 Å². The van der Waals surface area contributed by atoms with E-state index in [0.717, 1.165) is 26.5 Å². The summed E-state index contributed by atoms with van der Waals surface area (Å²) >= 11 is 2.84. The molecule has 0 aliphatic carbocycles. The summed E-state index contributed by atoms with van der Waals surface area (Å²) < 4.78 is 6.69. The molecule has 1 N–H and O–H groups in total. The molecule has 8 heteroatoms. The minimum atomic E-state index is -0.949. The predicted molar refractivity (Wildman–Crippen MR) is 141 cm³/mol. The van der Waals surface area contributed by atoms with E-state index in [1.54, 1.807) is 19.1 Å². The highest BCUT2D eigenvalue weighted by Crippen LogP contribution is 2.32. The largest absolute Gasteiger partial charge is 0.449 e. The first-order valence-corrected chi connectivity index (χ1v) is 12.8. The summed E-state index contributed by atoms with van der Waals surface area (Å²) in [7, 11) is 0. The van der Waals surface area contributed by atoms with Crippen LogP contribution in [0.1, 0.15) is 23.7 Å². The fourth-order valence-electron chi connectivity index (χ4n) is 3.61. The number of hydrogen-bond acceptors (Lipinski definition) is 7. The normalized spacial score (nSPS) is 11.8. The Morgan fingerprint density at radius 2 is 1.69 bits per heavy atom. The fourth-order valence-corrected chi connectivity index (χ4v) is 5.34. The lowest BCUT2D eigenvalue weighted by molar-refractivity contribution is -0.124. The molecule has 0 radical (unpaired) electrons. The smallest absolute Gasteiger partial charge is 0.339 e. The Hall–Kier alpha value is -3.88. The van der Waals surface area contributed by atoms with Crippen molar-refractivity contribution in [3.63, 3.8) is 0 Å². The van der Waals surface area contributed by atoms with Crippen LogP contribution in [0.25, 0.3) is 32.0 Å². The molecule has 0 spiro atoms. The van der Waals surface area contributed by atoms with Gasteiger partial charge >= 0.3 is 5.97 Å². The maximum Gasteiger partial charge on any atom is 0.339 e. The third-order valence-electron chi connectivity index (χ3n) is 5.39. The van der Waals surface area contributed by atoms with Gasteiger partial charge in [0.15, 0.2) is 11.2 Å². The molecule has 2 aromatic heterocycles.